The van der Waals surface area contributed by atoms with Crippen LogP contribution in [0.3, 0.4) is 0 Å². The van der Waals surface area contributed by atoms with Crippen LogP contribution in [0.5, 0.6) is 0 Å². The van der Waals surface area contributed by atoms with E-state index in [1.165, 1.54) is 16.9 Å². The molecule has 26 heavy (non-hydrogen) atoms. The number of benzene rings is 1. The van der Waals surface area contributed by atoms with Gasteiger partial charge in [0.15, 0.2) is 0 Å². The van der Waals surface area contributed by atoms with E-state index in [4.69, 9.17) is 0 Å². The van der Waals surface area contributed by atoms with Gasteiger partial charge in [0, 0.05) is 21.3 Å². The molecule has 0 bridgehead atoms. The minimum absolute atomic E-state index is 0.422. The molecule has 0 aliphatic rings. The minimum Gasteiger partial charge on any atom is -0.206 e. The molecule has 0 unspecified atom stereocenters. The lowest BCUT2D eigenvalue weighted by Crippen LogP contribution is -2.40. The van der Waals surface area contributed by atoms with Gasteiger partial charge in [0.2, 0.25) is 0 Å². The van der Waals surface area contributed by atoms with Crippen LogP contribution < -0.4 is 4.72 Å². The number of rotatable bonds is 8. The third-order valence-corrected chi connectivity index (χ3v) is 8.01. The number of alkyl halides is 1. The highest BCUT2D eigenvalue weighted by Gasteiger charge is 2.27. The van der Waals surface area contributed by atoms with Crippen LogP contribution in [0.2, 0.25) is 0 Å². The van der Waals surface area contributed by atoms with Crippen molar-refractivity contribution in [3.8, 4) is 11.1 Å². The summed E-state index contributed by atoms with van der Waals surface area (Å²) >= 11 is 4.86. The molecule has 6 heteroatoms. The summed E-state index contributed by atoms with van der Waals surface area (Å²) in [6.07, 6.45) is 4.33. The van der Waals surface area contributed by atoms with Gasteiger partial charge in [-0.15, -0.1) is 11.3 Å². The highest BCUT2D eigenvalue weighted by atomic mass is 79.9. The van der Waals surface area contributed by atoms with E-state index in [-0.39, 0.29) is 0 Å². The van der Waals surface area contributed by atoms with Crippen molar-refractivity contribution >= 4 is 37.3 Å². The van der Waals surface area contributed by atoms with Crippen LogP contribution in [0.1, 0.15) is 57.4 Å². The number of hydrogen-bond acceptors (Lipinski definition) is 3. The topological polar surface area (TPSA) is 46.2 Å². The smallest absolute Gasteiger partial charge is 0.206 e. The molecule has 0 fully saturated rings. The van der Waals surface area contributed by atoms with E-state index >= 15 is 0 Å². The Kier molecular flexibility index (Phi) is 7.48. The maximum Gasteiger partial charge on any atom is 0.251 e. The fourth-order valence-corrected chi connectivity index (χ4v) is 6.29. The second-order valence-corrected chi connectivity index (χ2v) is 11.1. The zero-order valence-corrected chi connectivity index (χ0v) is 19.2. The molecule has 0 saturated heterocycles. The fourth-order valence-electron chi connectivity index (χ4n) is 2.72. The number of thiophene rings is 1. The maximum absolute atomic E-state index is 13.0. The highest BCUT2D eigenvalue weighted by Crippen LogP contribution is 2.36. The molecule has 3 nitrogen and oxygen atoms in total. The number of sulfonamides is 1. The molecule has 1 aromatic heterocycles. The Hall–Kier alpha value is -0.690. The second kappa shape index (κ2) is 9.00. The Balaban J connectivity index is 2.46. The van der Waals surface area contributed by atoms with E-state index in [1.807, 2.05) is 45.0 Å². The van der Waals surface area contributed by atoms with Crippen molar-refractivity contribution < 1.29 is 8.42 Å². The number of unbranched alkanes of at least 4 members (excludes halogenated alkanes) is 2. The predicted molar refractivity (Wildman–Crippen MR) is 116 cm³/mol. The van der Waals surface area contributed by atoms with Crippen LogP contribution in [0.15, 0.2) is 34.5 Å². The first-order valence-corrected chi connectivity index (χ1v) is 12.4. The van der Waals surface area contributed by atoms with E-state index in [0.717, 1.165) is 47.0 Å². The molecular formula is C20H28BrNO2S2. The molecule has 0 atom stereocenters. The van der Waals surface area contributed by atoms with Crippen LogP contribution in [0.4, 0.5) is 0 Å². The third kappa shape index (κ3) is 5.91. The quantitative estimate of drug-likeness (QED) is 0.383. The van der Waals surface area contributed by atoms with Crippen molar-refractivity contribution in [1.29, 1.82) is 0 Å². The van der Waals surface area contributed by atoms with Gasteiger partial charge in [-0.1, -0.05) is 60.0 Å². The Morgan fingerprint density at radius 1 is 1.12 bits per heavy atom. The molecule has 0 radical (unpaired) electrons. The average molecular weight is 458 g/mol. The summed E-state index contributed by atoms with van der Waals surface area (Å²) in [6, 6.07) is 10.1. The Morgan fingerprint density at radius 3 is 2.31 bits per heavy atom. The summed E-state index contributed by atoms with van der Waals surface area (Å²) in [6.45, 7) is 7.77. The van der Waals surface area contributed by atoms with E-state index in [9.17, 15) is 8.42 Å². The van der Waals surface area contributed by atoms with Gasteiger partial charge in [-0.05, 0) is 50.8 Å². The summed E-state index contributed by atoms with van der Waals surface area (Å²) in [4.78, 5) is 1.13. The first-order chi connectivity index (χ1) is 12.2. The van der Waals surface area contributed by atoms with Gasteiger partial charge in [-0.2, -0.15) is 0 Å². The first kappa shape index (κ1) is 21.6. The lowest BCUT2D eigenvalue weighted by Gasteiger charge is -2.20. The summed E-state index contributed by atoms with van der Waals surface area (Å²) < 4.78 is 29.2. The Bertz CT molecular complexity index is 818. The van der Waals surface area contributed by atoms with E-state index in [0.29, 0.717) is 4.21 Å². The molecule has 0 amide bonds. The van der Waals surface area contributed by atoms with Crippen molar-refractivity contribution in [1.82, 2.24) is 4.72 Å². The monoisotopic (exact) mass is 457 g/mol. The van der Waals surface area contributed by atoms with Gasteiger partial charge >= 0.3 is 0 Å². The predicted octanol–water partition coefficient (Wildman–Crippen LogP) is 6.12. The second-order valence-electron chi connectivity index (χ2n) is 7.56. The summed E-state index contributed by atoms with van der Waals surface area (Å²) in [7, 11) is -3.56. The molecule has 2 rings (SSSR count). The summed E-state index contributed by atoms with van der Waals surface area (Å²) in [5.74, 6) is 0. The fraction of sp³-hybridized carbons (Fsp3) is 0.500. The Morgan fingerprint density at radius 2 is 1.77 bits per heavy atom. The number of hydrogen-bond donors (Lipinski definition) is 1. The van der Waals surface area contributed by atoms with Crippen LogP contribution in [-0.2, 0) is 21.8 Å². The summed E-state index contributed by atoms with van der Waals surface area (Å²) in [5, 5.41) is 0.788. The zero-order valence-electron chi connectivity index (χ0n) is 15.9. The van der Waals surface area contributed by atoms with Crippen molar-refractivity contribution in [3.05, 3.63) is 40.8 Å². The standard InChI is InChI=1S/C20H28BrNO2S2/c1-5-6-7-8-17-13-18(16-11-9-15(14-21)10-12-16)19(25-17)26(23,24)22-20(2,3)4/h9-13,22H,5-8,14H2,1-4H3. The molecule has 1 aromatic carbocycles. The van der Waals surface area contributed by atoms with Crippen LogP contribution in [0.25, 0.3) is 11.1 Å². The maximum atomic E-state index is 13.0. The normalized spacial score (nSPS) is 12.5. The largest absolute Gasteiger partial charge is 0.251 e. The van der Waals surface area contributed by atoms with Crippen molar-refractivity contribution in [2.45, 2.75) is 68.5 Å². The number of aryl methyl sites for hydroxylation is 1. The Labute approximate surface area is 170 Å². The molecule has 0 spiro atoms. The molecule has 0 aliphatic carbocycles. The molecule has 1 N–H and O–H groups in total. The van der Waals surface area contributed by atoms with Crippen molar-refractivity contribution in [2.24, 2.45) is 0 Å². The zero-order chi connectivity index (χ0) is 19.4. The summed E-state index contributed by atoms with van der Waals surface area (Å²) in [5.41, 5.74) is 2.41. The van der Waals surface area contributed by atoms with Crippen LogP contribution in [0, 0.1) is 0 Å². The molecule has 144 valence electrons. The lowest BCUT2D eigenvalue weighted by atomic mass is 10.1. The van der Waals surface area contributed by atoms with E-state index in [2.05, 4.69) is 33.6 Å². The van der Waals surface area contributed by atoms with E-state index < -0.39 is 15.6 Å². The number of nitrogens with one attached hydrogen (secondary N) is 1. The highest BCUT2D eigenvalue weighted by molar-refractivity contribution is 9.08. The minimum atomic E-state index is -3.56. The number of halogens is 1. The van der Waals surface area contributed by atoms with Gasteiger partial charge in [0.05, 0.1) is 0 Å². The molecular weight excluding hydrogens is 430 g/mol. The lowest BCUT2D eigenvalue weighted by molar-refractivity contribution is 0.493. The van der Waals surface area contributed by atoms with Crippen LogP contribution >= 0.6 is 27.3 Å². The first-order valence-electron chi connectivity index (χ1n) is 8.98. The molecule has 0 saturated carbocycles. The molecule has 2 aromatic rings. The van der Waals surface area contributed by atoms with Crippen molar-refractivity contribution in [3.63, 3.8) is 0 Å². The van der Waals surface area contributed by atoms with Gasteiger partial charge in [-0.25, -0.2) is 13.1 Å². The van der Waals surface area contributed by atoms with E-state index in [1.54, 1.807) is 0 Å². The SMILES string of the molecule is CCCCCc1cc(-c2ccc(CBr)cc2)c(S(=O)(=O)NC(C)(C)C)s1. The molecule has 0 aliphatic heterocycles. The van der Waals surface area contributed by atoms with Crippen molar-refractivity contribution in [2.75, 3.05) is 0 Å². The van der Waals surface area contributed by atoms with Gasteiger partial charge in [-0.3, -0.25) is 0 Å². The third-order valence-electron chi connectivity index (χ3n) is 3.88. The van der Waals surface area contributed by atoms with Gasteiger partial charge in [0.1, 0.15) is 4.21 Å². The average Bonchev–Trinajstić information content (AvgIpc) is 2.98. The van der Waals surface area contributed by atoms with Crippen LogP contribution in [-0.4, -0.2) is 14.0 Å². The molecule has 1 heterocycles. The van der Waals surface area contributed by atoms with Gasteiger partial charge in [0.25, 0.3) is 10.0 Å². The van der Waals surface area contributed by atoms with Gasteiger partial charge < -0.3 is 0 Å².